The normalized spacial score (nSPS) is 11.9. The second-order valence-corrected chi connectivity index (χ2v) is 5.24. The number of primary amides is 1. The van der Waals surface area contributed by atoms with Crippen molar-refractivity contribution in [2.45, 2.75) is 33.1 Å². The summed E-state index contributed by atoms with van der Waals surface area (Å²) in [7, 11) is 0. The van der Waals surface area contributed by atoms with Gasteiger partial charge in [0.2, 0.25) is 5.91 Å². The molecule has 0 aliphatic heterocycles. The fourth-order valence-electron chi connectivity index (χ4n) is 2.29. The molecule has 1 aromatic carbocycles. The van der Waals surface area contributed by atoms with Crippen molar-refractivity contribution in [3.63, 3.8) is 0 Å². The number of carbonyl (C=O) groups is 3. The largest absolute Gasteiger partial charge is 0.507 e. The number of carbonyl (C=O) groups excluding carboxylic acids is 2. The summed E-state index contributed by atoms with van der Waals surface area (Å²) < 4.78 is 0. The van der Waals surface area contributed by atoms with Crippen molar-refractivity contribution in [2.24, 2.45) is 11.7 Å². The van der Waals surface area contributed by atoms with E-state index in [9.17, 15) is 19.5 Å². The summed E-state index contributed by atoms with van der Waals surface area (Å²) >= 11 is 0. The summed E-state index contributed by atoms with van der Waals surface area (Å²) in [6.07, 6.45) is -0.643. The van der Waals surface area contributed by atoms with Crippen LogP contribution in [-0.2, 0) is 9.59 Å². The van der Waals surface area contributed by atoms with Gasteiger partial charge in [0.15, 0.2) is 5.78 Å². The van der Waals surface area contributed by atoms with E-state index in [1.165, 1.54) is 0 Å². The third kappa shape index (κ3) is 4.91. The van der Waals surface area contributed by atoms with Crippen LogP contribution in [0.5, 0.6) is 5.75 Å². The molecule has 1 atom stereocenters. The zero-order chi connectivity index (χ0) is 16.2. The summed E-state index contributed by atoms with van der Waals surface area (Å²) in [5.74, 6) is -2.93. The van der Waals surface area contributed by atoms with Gasteiger partial charge in [-0.05, 0) is 37.0 Å². The van der Waals surface area contributed by atoms with E-state index >= 15 is 0 Å². The first-order valence-electron chi connectivity index (χ1n) is 6.54. The Morgan fingerprint density at radius 3 is 2.29 bits per heavy atom. The van der Waals surface area contributed by atoms with Gasteiger partial charge in [-0.25, -0.2) is 0 Å². The number of rotatable bonds is 7. The zero-order valence-electron chi connectivity index (χ0n) is 12.0. The van der Waals surface area contributed by atoms with Crippen molar-refractivity contribution in [2.75, 3.05) is 0 Å². The molecule has 0 aliphatic rings. The fraction of sp³-hybridized carbons (Fsp3) is 0.400. The number of Topliss-reactive ketones (excluding diaryl/α,β-unsaturated/α-hetero) is 1. The van der Waals surface area contributed by atoms with Crippen molar-refractivity contribution in [1.29, 1.82) is 0 Å². The lowest BCUT2D eigenvalue weighted by Crippen LogP contribution is -2.21. The number of carboxylic acids is 1. The van der Waals surface area contributed by atoms with Crippen LogP contribution in [0.25, 0.3) is 0 Å². The second kappa shape index (κ2) is 6.88. The number of hydrogen-bond donors (Lipinski definition) is 3. The Morgan fingerprint density at radius 2 is 1.76 bits per heavy atom. The van der Waals surface area contributed by atoms with Crippen molar-refractivity contribution in [3.8, 4) is 5.75 Å². The number of hydrogen-bond acceptors (Lipinski definition) is 4. The molecule has 0 saturated carbocycles. The Kier molecular flexibility index (Phi) is 5.46. The molecule has 0 saturated heterocycles. The van der Waals surface area contributed by atoms with E-state index in [1.54, 1.807) is 26.0 Å². The minimum Gasteiger partial charge on any atom is -0.507 e. The number of carboxylic acid groups (broad SMARTS) is 1. The van der Waals surface area contributed by atoms with Crippen LogP contribution in [0, 0.1) is 19.8 Å². The molecule has 0 radical (unpaired) electrons. The summed E-state index contributed by atoms with van der Waals surface area (Å²) in [6.45, 7) is 3.47. The van der Waals surface area contributed by atoms with Crippen LogP contribution in [0.2, 0.25) is 0 Å². The Morgan fingerprint density at radius 1 is 1.14 bits per heavy atom. The molecule has 1 rings (SSSR count). The molecule has 0 aliphatic carbocycles. The molecular weight excluding hydrogens is 274 g/mol. The third-order valence-electron chi connectivity index (χ3n) is 3.17. The van der Waals surface area contributed by atoms with Crippen LogP contribution in [0.4, 0.5) is 0 Å². The van der Waals surface area contributed by atoms with E-state index in [1.807, 2.05) is 0 Å². The van der Waals surface area contributed by atoms with Crippen molar-refractivity contribution >= 4 is 17.7 Å². The smallest absolute Gasteiger partial charge is 0.303 e. The average molecular weight is 293 g/mol. The van der Waals surface area contributed by atoms with Gasteiger partial charge in [-0.15, -0.1) is 0 Å². The summed E-state index contributed by atoms with van der Waals surface area (Å²) in [5, 5.41) is 18.8. The van der Waals surface area contributed by atoms with Crippen molar-refractivity contribution in [3.05, 3.63) is 28.8 Å². The van der Waals surface area contributed by atoms with Gasteiger partial charge < -0.3 is 15.9 Å². The lowest BCUT2D eigenvalue weighted by molar-refractivity contribution is -0.138. The molecule has 1 amide bonds. The molecule has 0 bridgehead atoms. The van der Waals surface area contributed by atoms with Crippen LogP contribution in [0.1, 0.15) is 40.7 Å². The standard InChI is InChI=1S/C15H19NO5/c1-8-3-9(2)15(21)11(4-8)12(17)5-10(6-13(16)18)7-14(19)20/h3-4,10,21H,5-7H2,1-2H3,(H2,16,18)(H,19,20). The number of aryl methyl sites for hydroxylation is 2. The van der Waals surface area contributed by atoms with E-state index in [4.69, 9.17) is 10.8 Å². The van der Waals surface area contributed by atoms with E-state index in [2.05, 4.69) is 0 Å². The molecule has 0 spiro atoms. The Bertz CT molecular complexity index is 564. The molecule has 0 heterocycles. The molecule has 0 fully saturated rings. The van der Waals surface area contributed by atoms with Gasteiger partial charge in [-0.2, -0.15) is 0 Å². The molecule has 1 unspecified atom stereocenters. The number of nitrogens with two attached hydrogens (primary N) is 1. The summed E-state index contributed by atoms with van der Waals surface area (Å²) in [4.78, 5) is 34.0. The number of aliphatic carboxylic acids is 1. The maximum absolute atomic E-state index is 12.2. The van der Waals surface area contributed by atoms with E-state index < -0.39 is 23.6 Å². The predicted octanol–water partition coefficient (Wildman–Crippen LogP) is 1.55. The molecule has 1 aromatic rings. The number of phenolic OH excluding ortho intramolecular Hbond substituents is 1. The van der Waals surface area contributed by atoms with Crippen LogP contribution < -0.4 is 5.73 Å². The summed E-state index contributed by atoms with van der Waals surface area (Å²) in [6, 6.07) is 3.29. The molecule has 6 nitrogen and oxygen atoms in total. The average Bonchev–Trinajstić information content (AvgIpc) is 2.31. The molecule has 114 valence electrons. The maximum Gasteiger partial charge on any atom is 0.303 e. The van der Waals surface area contributed by atoms with Crippen LogP contribution in [0.3, 0.4) is 0 Å². The minimum atomic E-state index is -1.10. The van der Waals surface area contributed by atoms with Gasteiger partial charge in [0.05, 0.1) is 5.56 Å². The fourth-order valence-corrected chi connectivity index (χ4v) is 2.29. The van der Waals surface area contributed by atoms with Gasteiger partial charge in [-0.1, -0.05) is 6.07 Å². The first kappa shape index (κ1) is 16.7. The molecule has 4 N–H and O–H groups in total. The van der Waals surface area contributed by atoms with Crippen LogP contribution in [-0.4, -0.2) is 27.9 Å². The van der Waals surface area contributed by atoms with Gasteiger partial charge in [-0.3, -0.25) is 14.4 Å². The SMILES string of the molecule is Cc1cc(C)c(O)c(C(=O)CC(CC(N)=O)CC(=O)O)c1. The van der Waals surface area contributed by atoms with Gasteiger partial charge >= 0.3 is 5.97 Å². The van der Waals surface area contributed by atoms with Crippen LogP contribution in [0.15, 0.2) is 12.1 Å². The highest BCUT2D eigenvalue weighted by atomic mass is 16.4. The van der Waals surface area contributed by atoms with E-state index in [-0.39, 0.29) is 30.6 Å². The van der Waals surface area contributed by atoms with Gasteiger partial charge in [0, 0.05) is 19.3 Å². The molecule has 0 aromatic heterocycles. The van der Waals surface area contributed by atoms with Crippen molar-refractivity contribution in [1.82, 2.24) is 0 Å². The number of ketones is 1. The van der Waals surface area contributed by atoms with Gasteiger partial charge in [0.25, 0.3) is 0 Å². The van der Waals surface area contributed by atoms with Gasteiger partial charge in [0.1, 0.15) is 5.75 Å². The lowest BCUT2D eigenvalue weighted by Gasteiger charge is -2.14. The highest BCUT2D eigenvalue weighted by Gasteiger charge is 2.22. The topological polar surface area (TPSA) is 118 Å². The molecular formula is C15H19NO5. The van der Waals surface area contributed by atoms with Crippen molar-refractivity contribution < 1.29 is 24.6 Å². The number of aromatic hydroxyl groups is 1. The number of phenols is 1. The summed E-state index contributed by atoms with van der Waals surface area (Å²) in [5.41, 5.74) is 6.60. The first-order chi connectivity index (χ1) is 9.70. The Labute approximate surface area is 122 Å². The molecule has 6 heteroatoms. The quantitative estimate of drug-likeness (QED) is 0.659. The maximum atomic E-state index is 12.2. The first-order valence-corrected chi connectivity index (χ1v) is 6.54. The van der Waals surface area contributed by atoms with Crippen LogP contribution >= 0.6 is 0 Å². The Balaban J connectivity index is 2.96. The number of benzene rings is 1. The van der Waals surface area contributed by atoms with E-state index in [0.717, 1.165) is 5.56 Å². The predicted molar refractivity (Wildman–Crippen MR) is 76.1 cm³/mol. The Hall–Kier alpha value is -2.37. The highest BCUT2D eigenvalue weighted by Crippen LogP contribution is 2.27. The highest BCUT2D eigenvalue weighted by molar-refractivity contribution is 5.99. The third-order valence-corrected chi connectivity index (χ3v) is 3.17. The minimum absolute atomic E-state index is 0.112. The van der Waals surface area contributed by atoms with E-state index in [0.29, 0.717) is 5.56 Å². The lowest BCUT2D eigenvalue weighted by atomic mass is 9.91. The second-order valence-electron chi connectivity index (χ2n) is 5.24. The molecule has 21 heavy (non-hydrogen) atoms. The monoisotopic (exact) mass is 293 g/mol. The zero-order valence-corrected chi connectivity index (χ0v) is 12.0. The number of amides is 1.